The van der Waals surface area contributed by atoms with Crippen LogP contribution in [0, 0.1) is 0 Å². The molecular weight excluding hydrogens is 223 g/mol. The van der Waals surface area contributed by atoms with Crippen LogP contribution in [0.25, 0.3) is 0 Å². The predicted octanol–water partition coefficient (Wildman–Crippen LogP) is 2.17. The molecule has 0 aromatic rings. The van der Waals surface area contributed by atoms with Gasteiger partial charge in [-0.05, 0) is 18.6 Å². The van der Waals surface area contributed by atoms with Crippen LogP contribution in [-0.4, -0.2) is 17.0 Å². The predicted molar refractivity (Wildman–Crippen MR) is 58.6 cm³/mol. The van der Waals surface area contributed by atoms with Gasteiger partial charge in [0.25, 0.3) is 0 Å². The van der Waals surface area contributed by atoms with Gasteiger partial charge in [-0.25, -0.2) is 0 Å². The standard InChI is InChI=1S/C9H10Cl2N2O/c1-2-9(11)13-12-8-4-3-6(14)5-7(8)10/h3-5,9,13H,2H2,1H3/b12-8-. The first-order chi connectivity index (χ1) is 6.63. The highest BCUT2D eigenvalue weighted by atomic mass is 35.5. The number of halogens is 2. The summed E-state index contributed by atoms with van der Waals surface area (Å²) in [5.74, 6) is -0.133. The molecular formula is C9H10Cl2N2O. The number of ketones is 1. The van der Waals surface area contributed by atoms with Crippen LogP contribution in [0.4, 0.5) is 0 Å². The first-order valence-corrected chi connectivity index (χ1v) is 5.02. The van der Waals surface area contributed by atoms with Crippen molar-refractivity contribution in [3.8, 4) is 0 Å². The van der Waals surface area contributed by atoms with Crippen LogP contribution in [0.15, 0.2) is 28.4 Å². The fraction of sp³-hybridized carbons (Fsp3) is 0.333. The Kier molecular flexibility index (Phi) is 4.17. The molecule has 1 aliphatic carbocycles. The van der Waals surface area contributed by atoms with Gasteiger partial charge in [0.05, 0.1) is 5.03 Å². The van der Waals surface area contributed by atoms with Crippen molar-refractivity contribution >= 4 is 34.7 Å². The van der Waals surface area contributed by atoms with E-state index in [1.165, 1.54) is 12.2 Å². The smallest absolute Gasteiger partial charge is 0.180 e. The van der Waals surface area contributed by atoms with Crippen LogP contribution >= 0.6 is 23.2 Å². The summed E-state index contributed by atoms with van der Waals surface area (Å²) in [6.07, 6.45) is 5.03. The van der Waals surface area contributed by atoms with Crippen molar-refractivity contribution in [3.05, 3.63) is 23.3 Å². The summed E-state index contributed by atoms with van der Waals surface area (Å²) in [6.45, 7) is 1.93. The lowest BCUT2D eigenvalue weighted by Gasteiger charge is -2.08. The summed E-state index contributed by atoms with van der Waals surface area (Å²) in [4.78, 5) is 10.9. The quantitative estimate of drug-likeness (QED) is 0.351. The van der Waals surface area contributed by atoms with Crippen molar-refractivity contribution in [2.75, 3.05) is 0 Å². The first kappa shape index (κ1) is 11.3. The van der Waals surface area contributed by atoms with Crippen molar-refractivity contribution in [1.82, 2.24) is 5.43 Å². The largest absolute Gasteiger partial charge is 0.291 e. The van der Waals surface area contributed by atoms with Gasteiger partial charge in [-0.2, -0.15) is 5.10 Å². The highest BCUT2D eigenvalue weighted by molar-refractivity contribution is 6.48. The minimum atomic E-state index is -0.224. The molecule has 14 heavy (non-hydrogen) atoms. The molecule has 5 heteroatoms. The molecule has 0 saturated carbocycles. The van der Waals surface area contributed by atoms with E-state index >= 15 is 0 Å². The number of carbonyl (C=O) groups is 1. The minimum absolute atomic E-state index is 0.133. The number of nitrogens with zero attached hydrogens (tertiary/aromatic N) is 1. The van der Waals surface area contributed by atoms with E-state index in [1.54, 1.807) is 6.08 Å². The number of hydrogen-bond acceptors (Lipinski definition) is 3. The number of hydrogen-bond donors (Lipinski definition) is 1. The highest BCUT2D eigenvalue weighted by Gasteiger charge is 2.09. The third-order valence-electron chi connectivity index (χ3n) is 1.60. The summed E-state index contributed by atoms with van der Waals surface area (Å²) >= 11 is 11.6. The second-order valence-electron chi connectivity index (χ2n) is 2.73. The summed E-state index contributed by atoms with van der Waals surface area (Å²) < 4.78 is 0. The molecule has 0 aromatic heterocycles. The molecule has 0 spiro atoms. The van der Waals surface area contributed by atoms with E-state index in [4.69, 9.17) is 23.2 Å². The van der Waals surface area contributed by atoms with Crippen molar-refractivity contribution < 1.29 is 4.79 Å². The van der Waals surface area contributed by atoms with Crippen LogP contribution in [0.2, 0.25) is 0 Å². The van der Waals surface area contributed by atoms with Gasteiger partial charge in [-0.15, -0.1) is 0 Å². The normalized spacial score (nSPS) is 20.9. The topological polar surface area (TPSA) is 41.5 Å². The Morgan fingerprint density at radius 3 is 2.86 bits per heavy atom. The van der Waals surface area contributed by atoms with Crippen molar-refractivity contribution in [2.45, 2.75) is 18.8 Å². The molecule has 3 nitrogen and oxygen atoms in total. The van der Waals surface area contributed by atoms with Crippen LogP contribution in [0.1, 0.15) is 13.3 Å². The lowest BCUT2D eigenvalue weighted by Crippen LogP contribution is -2.19. The Hall–Kier alpha value is -0.800. The van der Waals surface area contributed by atoms with Crippen LogP contribution in [-0.2, 0) is 4.79 Å². The number of alkyl halides is 1. The Balaban J connectivity index is 2.65. The van der Waals surface area contributed by atoms with E-state index in [-0.39, 0.29) is 11.3 Å². The maximum absolute atomic E-state index is 10.9. The zero-order valence-electron chi connectivity index (χ0n) is 7.63. The van der Waals surface area contributed by atoms with E-state index in [2.05, 4.69) is 10.5 Å². The lowest BCUT2D eigenvalue weighted by molar-refractivity contribution is -0.110. The van der Waals surface area contributed by atoms with Crippen molar-refractivity contribution in [1.29, 1.82) is 0 Å². The summed E-state index contributed by atoms with van der Waals surface area (Å²) in [5, 5.41) is 4.29. The zero-order chi connectivity index (χ0) is 10.6. The second kappa shape index (κ2) is 5.17. The maximum atomic E-state index is 10.9. The Bertz CT molecular complexity index is 321. The molecule has 1 atom stereocenters. The number of carbonyl (C=O) groups excluding carboxylic acids is 1. The average Bonchev–Trinajstić information content (AvgIpc) is 2.16. The molecule has 1 rings (SSSR count). The third kappa shape index (κ3) is 3.16. The molecule has 0 heterocycles. The molecule has 1 aliphatic rings. The SMILES string of the molecule is CCC(Cl)N/N=C1/C=CC(=O)C=C1Cl. The lowest BCUT2D eigenvalue weighted by atomic mass is 10.2. The molecule has 0 amide bonds. The number of nitrogens with one attached hydrogen (secondary N) is 1. The first-order valence-electron chi connectivity index (χ1n) is 4.20. The van der Waals surface area contributed by atoms with E-state index in [9.17, 15) is 4.79 Å². The van der Waals surface area contributed by atoms with Gasteiger partial charge in [0.15, 0.2) is 5.78 Å². The number of rotatable bonds is 3. The van der Waals surface area contributed by atoms with Gasteiger partial charge in [0, 0.05) is 6.08 Å². The van der Waals surface area contributed by atoms with Gasteiger partial charge in [0.2, 0.25) is 0 Å². The molecule has 0 fully saturated rings. The summed E-state index contributed by atoms with van der Waals surface area (Å²) in [7, 11) is 0. The molecule has 0 saturated heterocycles. The van der Waals surface area contributed by atoms with E-state index in [0.717, 1.165) is 6.42 Å². The number of allylic oxidation sites excluding steroid dienone is 4. The van der Waals surface area contributed by atoms with Gasteiger partial charge in [-0.1, -0.05) is 30.1 Å². The molecule has 0 bridgehead atoms. The fourth-order valence-corrected chi connectivity index (χ4v) is 1.07. The van der Waals surface area contributed by atoms with Gasteiger partial charge >= 0.3 is 0 Å². The Labute approximate surface area is 92.5 Å². The highest BCUT2D eigenvalue weighted by Crippen LogP contribution is 2.11. The molecule has 0 aliphatic heterocycles. The fourth-order valence-electron chi connectivity index (χ4n) is 0.809. The molecule has 1 unspecified atom stereocenters. The average molecular weight is 233 g/mol. The van der Waals surface area contributed by atoms with Crippen LogP contribution < -0.4 is 5.43 Å². The third-order valence-corrected chi connectivity index (χ3v) is 2.31. The summed E-state index contributed by atoms with van der Waals surface area (Å²) in [5.41, 5.74) is 3.01. The van der Waals surface area contributed by atoms with Crippen molar-refractivity contribution in [2.24, 2.45) is 5.10 Å². The van der Waals surface area contributed by atoms with E-state index in [1.807, 2.05) is 6.92 Å². The summed E-state index contributed by atoms with van der Waals surface area (Å²) in [6, 6.07) is 0. The van der Waals surface area contributed by atoms with Gasteiger partial charge in [-0.3, -0.25) is 10.2 Å². The van der Waals surface area contributed by atoms with Crippen LogP contribution in [0.5, 0.6) is 0 Å². The maximum Gasteiger partial charge on any atom is 0.180 e. The molecule has 0 aromatic carbocycles. The van der Waals surface area contributed by atoms with Gasteiger partial charge < -0.3 is 0 Å². The van der Waals surface area contributed by atoms with Crippen LogP contribution in [0.3, 0.4) is 0 Å². The van der Waals surface area contributed by atoms with E-state index < -0.39 is 0 Å². The Morgan fingerprint density at radius 2 is 2.29 bits per heavy atom. The monoisotopic (exact) mass is 232 g/mol. The molecule has 76 valence electrons. The zero-order valence-corrected chi connectivity index (χ0v) is 9.14. The molecule has 0 radical (unpaired) electrons. The Morgan fingerprint density at radius 1 is 1.57 bits per heavy atom. The number of hydrazone groups is 1. The molecule has 1 N–H and O–H groups in total. The van der Waals surface area contributed by atoms with Crippen molar-refractivity contribution in [3.63, 3.8) is 0 Å². The van der Waals surface area contributed by atoms with Gasteiger partial charge in [0.1, 0.15) is 11.2 Å². The minimum Gasteiger partial charge on any atom is -0.291 e. The second-order valence-corrected chi connectivity index (χ2v) is 3.66. The van der Waals surface area contributed by atoms with E-state index in [0.29, 0.717) is 10.7 Å².